The highest BCUT2D eigenvalue weighted by atomic mass is 35.5. The minimum Gasteiger partial charge on any atom is -0.368 e. The Kier molecular flexibility index (Phi) is 10.5. The van der Waals surface area contributed by atoms with Gasteiger partial charge in [-0.25, -0.2) is 4.79 Å². The molecule has 41 heavy (non-hydrogen) atoms. The zero-order valence-corrected chi connectivity index (χ0v) is 24.1. The van der Waals surface area contributed by atoms with E-state index in [4.69, 9.17) is 5.73 Å². The Morgan fingerprint density at radius 1 is 0.902 bits per heavy atom. The molecule has 11 heteroatoms. The van der Waals surface area contributed by atoms with Crippen LogP contribution in [0.25, 0.3) is 10.9 Å². The molecule has 1 aliphatic rings. The van der Waals surface area contributed by atoms with Gasteiger partial charge in [0.05, 0.1) is 22.5 Å². The molecule has 5 rings (SSSR count). The van der Waals surface area contributed by atoms with E-state index in [0.717, 1.165) is 68.1 Å². The summed E-state index contributed by atoms with van der Waals surface area (Å²) in [6.07, 6.45) is -3.68. The van der Waals surface area contributed by atoms with Gasteiger partial charge in [-0.15, -0.1) is 24.8 Å². The third-order valence-corrected chi connectivity index (χ3v) is 7.12. The lowest BCUT2D eigenvalue weighted by atomic mass is 10.1. The van der Waals surface area contributed by atoms with E-state index in [9.17, 15) is 18.0 Å². The average Bonchev–Trinajstić information content (AvgIpc) is 2.92. The fraction of sp³-hybridized carbons (Fsp3) is 0.267. The van der Waals surface area contributed by atoms with E-state index in [1.165, 1.54) is 28.1 Å². The van der Waals surface area contributed by atoms with Gasteiger partial charge < -0.3 is 10.6 Å². The molecule has 6 nitrogen and oxygen atoms in total. The molecule has 0 spiro atoms. The van der Waals surface area contributed by atoms with Crippen molar-refractivity contribution in [1.82, 2.24) is 9.88 Å². The molecule has 0 radical (unpaired) electrons. The lowest BCUT2D eigenvalue weighted by molar-refractivity contribution is -0.137. The van der Waals surface area contributed by atoms with Crippen LogP contribution in [0.4, 0.5) is 35.0 Å². The van der Waals surface area contributed by atoms with Crippen LogP contribution in [0.2, 0.25) is 0 Å². The number of piperazine rings is 1. The van der Waals surface area contributed by atoms with Gasteiger partial charge in [-0.05, 0) is 79.6 Å². The van der Waals surface area contributed by atoms with E-state index in [1.807, 2.05) is 37.3 Å². The molecular formula is C30H32Cl2F3N5O. The van der Waals surface area contributed by atoms with Crippen molar-refractivity contribution in [3.8, 4) is 0 Å². The van der Waals surface area contributed by atoms with Gasteiger partial charge in [-0.1, -0.05) is 18.2 Å². The first-order valence-corrected chi connectivity index (χ1v) is 12.9. The number of carbonyl (C=O) groups is 1. The highest BCUT2D eigenvalue weighted by Crippen LogP contribution is 2.33. The Hall–Kier alpha value is -3.53. The number of rotatable bonds is 6. The third kappa shape index (κ3) is 7.41. The molecule has 0 bridgehead atoms. The molecule has 4 aromatic rings. The second-order valence-corrected chi connectivity index (χ2v) is 9.76. The quantitative estimate of drug-likeness (QED) is 0.257. The summed E-state index contributed by atoms with van der Waals surface area (Å²) in [5, 5.41) is 1.17. The number of hydrogen-bond acceptors (Lipinski definition) is 4. The molecule has 0 saturated carbocycles. The van der Waals surface area contributed by atoms with Crippen LogP contribution in [0.5, 0.6) is 0 Å². The zero-order chi connectivity index (χ0) is 27.6. The Labute approximate surface area is 249 Å². The van der Waals surface area contributed by atoms with Gasteiger partial charge in [0.25, 0.3) is 0 Å². The number of primary amides is 1. The number of aromatic nitrogens is 1. The molecule has 0 unspecified atom stereocenters. The van der Waals surface area contributed by atoms with Crippen molar-refractivity contribution in [3.63, 3.8) is 0 Å². The Morgan fingerprint density at radius 2 is 1.59 bits per heavy atom. The van der Waals surface area contributed by atoms with Gasteiger partial charge in [0.2, 0.25) is 0 Å². The predicted octanol–water partition coefficient (Wildman–Crippen LogP) is 6.99. The fourth-order valence-electron chi connectivity index (χ4n) is 5.07. The number of carbonyl (C=O) groups excluding carboxylic acids is 1. The molecule has 0 atom stereocenters. The van der Waals surface area contributed by atoms with Gasteiger partial charge in [0, 0.05) is 49.5 Å². The normalized spacial score (nSPS) is 13.8. The van der Waals surface area contributed by atoms with E-state index >= 15 is 0 Å². The first-order valence-electron chi connectivity index (χ1n) is 12.9. The smallest absolute Gasteiger partial charge is 0.368 e. The molecule has 218 valence electrons. The number of amides is 2. The number of aryl methyl sites for hydroxylation is 1. The van der Waals surface area contributed by atoms with E-state index in [1.54, 1.807) is 6.07 Å². The summed E-state index contributed by atoms with van der Waals surface area (Å²) in [6.45, 7) is 6.53. The van der Waals surface area contributed by atoms with Crippen molar-refractivity contribution in [3.05, 3.63) is 95.7 Å². The van der Waals surface area contributed by atoms with Crippen LogP contribution in [0.3, 0.4) is 0 Å². The predicted molar refractivity (Wildman–Crippen MR) is 163 cm³/mol. The number of alkyl halides is 3. The van der Waals surface area contributed by atoms with Crippen LogP contribution in [0.1, 0.15) is 16.8 Å². The zero-order valence-electron chi connectivity index (χ0n) is 22.5. The molecule has 1 aliphatic heterocycles. The topological polar surface area (TPSA) is 65.7 Å². The number of pyridine rings is 1. The van der Waals surface area contributed by atoms with Gasteiger partial charge in [0.15, 0.2) is 0 Å². The highest BCUT2D eigenvalue weighted by molar-refractivity contribution is 5.98. The monoisotopic (exact) mass is 605 g/mol. The maximum atomic E-state index is 13.0. The van der Waals surface area contributed by atoms with Crippen LogP contribution in [0.15, 0.2) is 78.9 Å². The van der Waals surface area contributed by atoms with Crippen molar-refractivity contribution in [1.29, 1.82) is 0 Å². The van der Waals surface area contributed by atoms with Crippen LogP contribution in [0, 0.1) is 6.92 Å². The van der Waals surface area contributed by atoms with Crippen LogP contribution >= 0.6 is 24.8 Å². The molecule has 2 heterocycles. The van der Waals surface area contributed by atoms with Gasteiger partial charge >= 0.3 is 12.2 Å². The minimum atomic E-state index is -4.45. The molecule has 2 amide bonds. The van der Waals surface area contributed by atoms with Crippen LogP contribution in [-0.2, 0) is 12.6 Å². The number of urea groups is 1. The molecule has 2 N–H and O–H groups in total. The number of anilines is 3. The molecule has 1 saturated heterocycles. The Bertz CT molecular complexity index is 1480. The van der Waals surface area contributed by atoms with E-state index in [-0.39, 0.29) is 30.5 Å². The first kappa shape index (κ1) is 32.0. The lowest BCUT2D eigenvalue weighted by Crippen LogP contribution is -2.47. The standard InChI is InChI=1S/C30H30F3N5O.2ClH/c1-21-8-13-26-27(35-21)6-3-7-28(26)37-18-16-36(17-19-37)15-14-22-4-2-5-25(20-22)38(29(34)39)24-11-9-23(10-12-24)30(31,32)33;;/h2-13,20H,14-19H2,1H3,(H2,34,39);2*1H. The number of fused-ring (bicyclic) bond motifs is 1. The Balaban J connectivity index is 0.00000231. The molecule has 3 aromatic carbocycles. The first-order chi connectivity index (χ1) is 18.7. The largest absolute Gasteiger partial charge is 0.416 e. The maximum Gasteiger partial charge on any atom is 0.416 e. The van der Waals surface area contributed by atoms with Crippen LogP contribution < -0.4 is 15.5 Å². The summed E-state index contributed by atoms with van der Waals surface area (Å²) in [6, 6.07) is 21.5. The van der Waals surface area contributed by atoms with Crippen molar-refractivity contribution >= 4 is 58.8 Å². The number of benzene rings is 3. The molecular weight excluding hydrogens is 574 g/mol. The van der Waals surface area contributed by atoms with E-state index in [0.29, 0.717) is 5.69 Å². The van der Waals surface area contributed by atoms with Crippen molar-refractivity contribution in [2.24, 2.45) is 5.73 Å². The van der Waals surface area contributed by atoms with Gasteiger partial charge in [-0.3, -0.25) is 14.8 Å². The highest BCUT2D eigenvalue weighted by Gasteiger charge is 2.30. The van der Waals surface area contributed by atoms with E-state index in [2.05, 4.69) is 33.0 Å². The SMILES string of the molecule is Cc1ccc2c(N3CCN(CCc4cccc(N(C(N)=O)c5ccc(C(F)(F)F)cc5)c4)CC3)cccc2n1.Cl.Cl. The van der Waals surface area contributed by atoms with Crippen molar-refractivity contribution in [2.45, 2.75) is 19.5 Å². The summed E-state index contributed by atoms with van der Waals surface area (Å²) in [5.74, 6) is 0. The maximum absolute atomic E-state index is 13.0. The molecule has 1 fully saturated rings. The average molecular weight is 607 g/mol. The summed E-state index contributed by atoms with van der Waals surface area (Å²) < 4.78 is 38.9. The second kappa shape index (κ2) is 13.4. The Morgan fingerprint density at radius 3 is 2.24 bits per heavy atom. The van der Waals surface area contributed by atoms with E-state index < -0.39 is 17.8 Å². The number of nitrogens with two attached hydrogens (primary N) is 1. The summed E-state index contributed by atoms with van der Waals surface area (Å²) in [7, 11) is 0. The fourth-order valence-corrected chi connectivity index (χ4v) is 5.07. The number of nitrogens with zero attached hydrogens (tertiary/aromatic N) is 4. The number of hydrogen-bond donors (Lipinski definition) is 1. The van der Waals surface area contributed by atoms with Gasteiger partial charge in [0.1, 0.15) is 0 Å². The minimum absolute atomic E-state index is 0. The van der Waals surface area contributed by atoms with Crippen molar-refractivity contribution < 1.29 is 18.0 Å². The van der Waals surface area contributed by atoms with Crippen molar-refractivity contribution in [2.75, 3.05) is 42.5 Å². The summed E-state index contributed by atoms with van der Waals surface area (Å²) in [4.78, 5) is 23.0. The number of halogens is 5. The summed E-state index contributed by atoms with van der Waals surface area (Å²) in [5.41, 5.74) is 9.88. The van der Waals surface area contributed by atoms with Crippen LogP contribution in [-0.4, -0.2) is 48.6 Å². The second-order valence-electron chi connectivity index (χ2n) is 9.76. The van der Waals surface area contributed by atoms with Gasteiger partial charge in [-0.2, -0.15) is 13.2 Å². The molecule has 1 aromatic heterocycles. The third-order valence-electron chi connectivity index (χ3n) is 7.12. The lowest BCUT2D eigenvalue weighted by Gasteiger charge is -2.36. The summed E-state index contributed by atoms with van der Waals surface area (Å²) >= 11 is 0. The molecule has 0 aliphatic carbocycles.